The highest BCUT2D eigenvalue weighted by atomic mass is 16.5. The number of hydrogen-bond donors (Lipinski definition) is 1. The van der Waals surface area contributed by atoms with E-state index in [0.29, 0.717) is 19.8 Å². The summed E-state index contributed by atoms with van der Waals surface area (Å²) in [6.07, 6.45) is 1.47. The Labute approximate surface area is 171 Å². The van der Waals surface area contributed by atoms with Crippen LogP contribution in [0.5, 0.6) is 5.75 Å². The lowest BCUT2D eigenvalue weighted by Crippen LogP contribution is -2.41. The lowest BCUT2D eigenvalue weighted by Gasteiger charge is -2.30. The number of nitrogens with one attached hydrogen (secondary N) is 1. The number of amides is 1. The third-order valence-electron chi connectivity index (χ3n) is 4.96. The molecule has 1 heterocycles. The number of benzene rings is 2. The Kier molecular flexibility index (Phi) is 7.64. The van der Waals surface area contributed by atoms with Gasteiger partial charge in [-0.2, -0.15) is 0 Å². The molecule has 6 heteroatoms. The van der Waals surface area contributed by atoms with Crippen LogP contribution in [0.2, 0.25) is 0 Å². The summed E-state index contributed by atoms with van der Waals surface area (Å²) < 4.78 is 10.8. The van der Waals surface area contributed by atoms with Crippen LogP contribution in [-0.2, 0) is 20.9 Å². The Morgan fingerprint density at radius 2 is 1.72 bits per heavy atom. The van der Waals surface area contributed by atoms with E-state index in [1.54, 1.807) is 0 Å². The molecule has 29 heavy (non-hydrogen) atoms. The molecule has 1 saturated heterocycles. The maximum atomic E-state index is 12.3. The molecule has 2 aromatic carbocycles. The predicted octanol–water partition coefficient (Wildman–Crippen LogP) is 3.48. The Bertz CT molecular complexity index is 784. The van der Waals surface area contributed by atoms with E-state index in [4.69, 9.17) is 9.47 Å². The van der Waals surface area contributed by atoms with Gasteiger partial charge >= 0.3 is 5.97 Å². The van der Waals surface area contributed by atoms with Crippen molar-refractivity contribution >= 4 is 17.6 Å². The second-order valence-corrected chi connectivity index (χ2v) is 7.15. The highest BCUT2D eigenvalue weighted by Gasteiger charge is 2.26. The van der Waals surface area contributed by atoms with E-state index in [0.717, 1.165) is 42.9 Å². The van der Waals surface area contributed by atoms with E-state index in [1.807, 2.05) is 61.5 Å². The third kappa shape index (κ3) is 6.61. The van der Waals surface area contributed by atoms with Crippen LogP contribution in [-0.4, -0.2) is 43.0 Å². The van der Waals surface area contributed by atoms with Crippen molar-refractivity contribution in [3.63, 3.8) is 0 Å². The van der Waals surface area contributed by atoms with Crippen LogP contribution in [0.1, 0.15) is 25.3 Å². The molecule has 1 aliphatic rings. The van der Waals surface area contributed by atoms with Crippen molar-refractivity contribution in [2.75, 3.05) is 31.6 Å². The van der Waals surface area contributed by atoms with Crippen LogP contribution in [0.4, 0.5) is 5.69 Å². The van der Waals surface area contributed by atoms with Crippen molar-refractivity contribution in [2.45, 2.75) is 26.4 Å². The van der Waals surface area contributed by atoms with Gasteiger partial charge in [0.25, 0.3) is 0 Å². The van der Waals surface area contributed by atoms with Gasteiger partial charge in [-0.1, -0.05) is 30.3 Å². The molecule has 3 rings (SSSR count). The summed E-state index contributed by atoms with van der Waals surface area (Å²) in [5.41, 5.74) is 1.85. The molecule has 0 bridgehead atoms. The van der Waals surface area contributed by atoms with Crippen LogP contribution in [0.3, 0.4) is 0 Å². The number of carbonyl (C=O) groups excluding carboxylic acids is 2. The largest absolute Gasteiger partial charge is 0.489 e. The van der Waals surface area contributed by atoms with Crippen molar-refractivity contribution < 1.29 is 19.1 Å². The van der Waals surface area contributed by atoms with Gasteiger partial charge in [0.15, 0.2) is 0 Å². The van der Waals surface area contributed by atoms with E-state index >= 15 is 0 Å². The van der Waals surface area contributed by atoms with Crippen molar-refractivity contribution in [3.8, 4) is 5.75 Å². The topological polar surface area (TPSA) is 67.9 Å². The zero-order valence-electron chi connectivity index (χ0n) is 16.8. The summed E-state index contributed by atoms with van der Waals surface area (Å²) >= 11 is 0. The Hall–Kier alpha value is -2.86. The molecule has 2 aromatic rings. The summed E-state index contributed by atoms with van der Waals surface area (Å²) in [7, 11) is 0. The molecule has 0 spiro atoms. The minimum atomic E-state index is -0.119. The number of rotatable bonds is 8. The Balaban J connectivity index is 1.40. The van der Waals surface area contributed by atoms with Gasteiger partial charge in [0.05, 0.1) is 19.1 Å². The smallest absolute Gasteiger partial charge is 0.309 e. The molecule has 0 saturated carbocycles. The van der Waals surface area contributed by atoms with Crippen LogP contribution in [0.25, 0.3) is 0 Å². The Morgan fingerprint density at radius 3 is 2.38 bits per heavy atom. The molecule has 1 amide bonds. The fourth-order valence-corrected chi connectivity index (χ4v) is 3.37. The number of hydrogen-bond acceptors (Lipinski definition) is 5. The van der Waals surface area contributed by atoms with Crippen molar-refractivity contribution in [1.29, 1.82) is 0 Å². The van der Waals surface area contributed by atoms with E-state index in [9.17, 15) is 9.59 Å². The summed E-state index contributed by atoms with van der Waals surface area (Å²) in [4.78, 5) is 26.2. The van der Waals surface area contributed by atoms with Gasteiger partial charge in [-0.3, -0.25) is 14.5 Å². The van der Waals surface area contributed by atoms with E-state index in [2.05, 4.69) is 10.2 Å². The molecular formula is C23H28N2O4. The van der Waals surface area contributed by atoms with Crippen LogP contribution in [0, 0.1) is 5.92 Å². The molecule has 1 fully saturated rings. The van der Waals surface area contributed by atoms with E-state index in [1.165, 1.54) is 0 Å². The van der Waals surface area contributed by atoms with Crippen molar-refractivity contribution in [3.05, 3.63) is 60.2 Å². The highest BCUT2D eigenvalue weighted by molar-refractivity contribution is 5.92. The van der Waals surface area contributed by atoms with Gasteiger partial charge in [-0.15, -0.1) is 0 Å². The number of likely N-dealkylation sites (tertiary alicyclic amines) is 1. The zero-order chi connectivity index (χ0) is 20.5. The first-order valence-corrected chi connectivity index (χ1v) is 10.1. The van der Waals surface area contributed by atoms with Gasteiger partial charge in [0.1, 0.15) is 12.4 Å². The standard InChI is InChI=1S/C23H28N2O4/c1-2-28-23(27)19-12-14-25(15-13-19)16-22(26)24-20-8-10-21(11-9-20)29-17-18-6-4-3-5-7-18/h3-11,19H,2,12-17H2,1H3,(H,24,26). The average Bonchev–Trinajstić information content (AvgIpc) is 2.74. The van der Waals surface area contributed by atoms with E-state index in [-0.39, 0.29) is 17.8 Å². The highest BCUT2D eigenvalue weighted by Crippen LogP contribution is 2.20. The first-order chi connectivity index (χ1) is 14.1. The molecule has 154 valence electrons. The lowest BCUT2D eigenvalue weighted by atomic mass is 9.97. The third-order valence-corrected chi connectivity index (χ3v) is 4.96. The second-order valence-electron chi connectivity index (χ2n) is 7.15. The lowest BCUT2D eigenvalue weighted by molar-refractivity contribution is -0.149. The average molecular weight is 396 g/mol. The molecule has 0 aromatic heterocycles. The van der Waals surface area contributed by atoms with Gasteiger partial charge < -0.3 is 14.8 Å². The SMILES string of the molecule is CCOC(=O)C1CCN(CC(=O)Nc2ccc(OCc3ccccc3)cc2)CC1. The first kappa shape index (κ1) is 20.9. The number of ether oxygens (including phenoxy) is 2. The van der Waals surface area contributed by atoms with Crippen LogP contribution in [0.15, 0.2) is 54.6 Å². The van der Waals surface area contributed by atoms with E-state index < -0.39 is 0 Å². The van der Waals surface area contributed by atoms with Crippen molar-refractivity contribution in [2.24, 2.45) is 5.92 Å². The molecular weight excluding hydrogens is 368 g/mol. The minimum Gasteiger partial charge on any atom is -0.489 e. The molecule has 0 atom stereocenters. The molecule has 0 unspecified atom stereocenters. The van der Waals surface area contributed by atoms with Crippen LogP contribution < -0.4 is 10.1 Å². The number of nitrogens with zero attached hydrogens (tertiary/aromatic N) is 1. The summed E-state index contributed by atoms with van der Waals surface area (Å²) in [5, 5.41) is 2.92. The number of anilines is 1. The summed E-state index contributed by atoms with van der Waals surface area (Å²) in [6, 6.07) is 17.4. The number of piperidine rings is 1. The minimum absolute atomic E-state index is 0.0438. The number of carbonyl (C=O) groups is 2. The van der Waals surface area contributed by atoms with Gasteiger partial charge in [-0.25, -0.2) is 0 Å². The quantitative estimate of drug-likeness (QED) is 0.692. The van der Waals surface area contributed by atoms with Gasteiger partial charge in [0, 0.05) is 5.69 Å². The fraction of sp³-hybridized carbons (Fsp3) is 0.391. The maximum Gasteiger partial charge on any atom is 0.309 e. The molecule has 6 nitrogen and oxygen atoms in total. The summed E-state index contributed by atoms with van der Waals surface area (Å²) in [6.45, 7) is 4.51. The second kappa shape index (κ2) is 10.6. The predicted molar refractivity (Wildman–Crippen MR) is 112 cm³/mol. The molecule has 0 aliphatic carbocycles. The number of esters is 1. The molecule has 1 aliphatic heterocycles. The Morgan fingerprint density at radius 1 is 1.03 bits per heavy atom. The maximum absolute atomic E-state index is 12.3. The van der Waals surface area contributed by atoms with Gasteiger partial charge in [0.2, 0.25) is 5.91 Å². The normalized spacial score (nSPS) is 14.9. The zero-order valence-corrected chi connectivity index (χ0v) is 16.8. The summed E-state index contributed by atoms with van der Waals surface area (Å²) in [5.74, 6) is 0.536. The molecule has 1 N–H and O–H groups in total. The molecule has 0 radical (unpaired) electrons. The fourth-order valence-electron chi connectivity index (χ4n) is 3.37. The first-order valence-electron chi connectivity index (χ1n) is 10.1. The van der Waals surface area contributed by atoms with Gasteiger partial charge in [-0.05, 0) is 62.7 Å². The van der Waals surface area contributed by atoms with Crippen LogP contribution >= 0.6 is 0 Å². The van der Waals surface area contributed by atoms with Crippen molar-refractivity contribution in [1.82, 2.24) is 4.90 Å². The monoisotopic (exact) mass is 396 g/mol.